The van der Waals surface area contributed by atoms with Gasteiger partial charge >= 0.3 is 0 Å². The number of anilines is 2. The first kappa shape index (κ1) is 16.7. The zero-order valence-corrected chi connectivity index (χ0v) is 12.8. The summed E-state index contributed by atoms with van der Waals surface area (Å²) >= 11 is 0. The van der Waals surface area contributed by atoms with Gasteiger partial charge in [0.25, 0.3) is 0 Å². The summed E-state index contributed by atoms with van der Waals surface area (Å²) < 4.78 is 26.5. The number of benzene rings is 1. The largest absolute Gasteiger partial charge is 0.397 e. The third kappa shape index (κ3) is 4.09. The van der Waals surface area contributed by atoms with Crippen LogP contribution < -0.4 is 15.4 Å². The van der Waals surface area contributed by atoms with Gasteiger partial charge in [-0.15, -0.1) is 0 Å². The van der Waals surface area contributed by atoms with Gasteiger partial charge < -0.3 is 15.7 Å². The zero-order chi connectivity index (χ0) is 15.2. The molecule has 0 aliphatic carbocycles. The summed E-state index contributed by atoms with van der Waals surface area (Å²) in [6, 6.07) is 4.62. The highest BCUT2D eigenvalue weighted by Crippen LogP contribution is 2.26. The molecule has 6 nitrogen and oxygen atoms in total. The lowest BCUT2D eigenvalue weighted by Crippen LogP contribution is -2.29. The summed E-state index contributed by atoms with van der Waals surface area (Å²) in [7, 11) is -3.51. The van der Waals surface area contributed by atoms with Gasteiger partial charge in [-0.2, -0.15) is 0 Å². The Morgan fingerprint density at radius 2 is 2.00 bits per heavy atom. The number of nitrogens with two attached hydrogens (primary N) is 1. The first-order valence-electron chi connectivity index (χ1n) is 6.71. The van der Waals surface area contributed by atoms with Crippen molar-refractivity contribution >= 4 is 21.4 Å². The number of rotatable bonds is 8. The highest BCUT2D eigenvalue weighted by Gasteiger charge is 2.16. The summed E-state index contributed by atoms with van der Waals surface area (Å²) in [5.41, 5.74) is 7.07. The standard InChI is InChI=1S/C13H23N3O3S/c1-3-7-16(8-9-17)13-10-11(5-6-12(13)14)20(18,19)15-4-2/h5-6,10,15,17H,3-4,7-9,14H2,1-2H3. The normalized spacial score (nSPS) is 11.6. The van der Waals surface area contributed by atoms with Crippen LogP contribution in [0.5, 0.6) is 0 Å². The SMILES string of the molecule is CCCN(CCO)c1cc(S(=O)(=O)NCC)ccc1N. The van der Waals surface area contributed by atoms with Crippen LogP contribution >= 0.6 is 0 Å². The summed E-state index contributed by atoms with van der Waals surface area (Å²) in [6.45, 7) is 5.18. The summed E-state index contributed by atoms with van der Waals surface area (Å²) in [5.74, 6) is 0. The Balaban J connectivity index is 3.19. The number of hydrogen-bond donors (Lipinski definition) is 3. The van der Waals surface area contributed by atoms with Crippen LogP contribution in [0.15, 0.2) is 23.1 Å². The molecule has 0 fully saturated rings. The molecule has 0 atom stereocenters. The first-order valence-corrected chi connectivity index (χ1v) is 8.19. The first-order chi connectivity index (χ1) is 9.46. The maximum Gasteiger partial charge on any atom is 0.240 e. The molecule has 0 amide bonds. The second-order valence-electron chi connectivity index (χ2n) is 4.43. The minimum atomic E-state index is -3.51. The van der Waals surface area contributed by atoms with Crippen molar-refractivity contribution < 1.29 is 13.5 Å². The van der Waals surface area contributed by atoms with E-state index in [0.29, 0.717) is 31.0 Å². The molecule has 0 saturated carbocycles. The van der Waals surface area contributed by atoms with E-state index in [-0.39, 0.29) is 11.5 Å². The number of nitrogens with one attached hydrogen (secondary N) is 1. The van der Waals surface area contributed by atoms with E-state index in [1.165, 1.54) is 6.07 Å². The molecule has 0 bridgehead atoms. The average molecular weight is 301 g/mol. The Hall–Kier alpha value is -1.31. The molecular weight excluding hydrogens is 278 g/mol. The van der Waals surface area contributed by atoms with E-state index >= 15 is 0 Å². The van der Waals surface area contributed by atoms with Gasteiger partial charge in [-0.05, 0) is 24.6 Å². The number of aliphatic hydroxyl groups excluding tert-OH is 1. The maximum absolute atomic E-state index is 12.0. The molecular formula is C13H23N3O3S. The highest BCUT2D eigenvalue weighted by molar-refractivity contribution is 7.89. The summed E-state index contributed by atoms with van der Waals surface area (Å²) in [6.07, 6.45) is 0.879. The van der Waals surface area contributed by atoms with Crippen LogP contribution in [0, 0.1) is 0 Å². The van der Waals surface area contributed by atoms with Gasteiger partial charge in [-0.25, -0.2) is 13.1 Å². The van der Waals surface area contributed by atoms with Gasteiger partial charge in [-0.3, -0.25) is 0 Å². The van der Waals surface area contributed by atoms with Crippen molar-refractivity contribution in [1.82, 2.24) is 4.72 Å². The Morgan fingerprint density at radius 1 is 1.30 bits per heavy atom. The fourth-order valence-electron chi connectivity index (χ4n) is 1.98. The van der Waals surface area contributed by atoms with Gasteiger partial charge in [0.2, 0.25) is 10.0 Å². The molecule has 0 aromatic heterocycles. The number of nitrogens with zero attached hydrogens (tertiary/aromatic N) is 1. The van der Waals surface area contributed by atoms with E-state index in [9.17, 15) is 8.42 Å². The molecule has 0 spiro atoms. The lowest BCUT2D eigenvalue weighted by atomic mass is 10.2. The fourth-order valence-corrected chi connectivity index (χ4v) is 3.04. The molecule has 0 aliphatic rings. The quantitative estimate of drug-likeness (QED) is 0.617. The summed E-state index contributed by atoms with van der Waals surface area (Å²) in [4.78, 5) is 2.07. The van der Waals surface area contributed by atoms with Crippen molar-refractivity contribution in [2.45, 2.75) is 25.2 Å². The van der Waals surface area contributed by atoms with Crippen LogP contribution in [0.25, 0.3) is 0 Å². The molecule has 0 unspecified atom stereocenters. The van der Waals surface area contributed by atoms with Crippen molar-refractivity contribution in [3.05, 3.63) is 18.2 Å². The lowest BCUT2D eigenvalue weighted by molar-refractivity contribution is 0.302. The topological polar surface area (TPSA) is 95.7 Å². The van der Waals surface area contributed by atoms with Crippen LogP contribution in [-0.2, 0) is 10.0 Å². The van der Waals surface area contributed by atoms with E-state index in [1.807, 2.05) is 11.8 Å². The molecule has 7 heteroatoms. The monoisotopic (exact) mass is 301 g/mol. The Bertz CT molecular complexity index is 526. The van der Waals surface area contributed by atoms with Gasteiger partial charge in [0.05, 0.1) is 22.9 Å². The molecule has 1 aromatic rings. The van der Waals surface area contributed by atoms with E-state index < -0.39 is 10.0 Å². The van der Waals surface area contributed by atoms with E-state index in [4.69, 9.17) is 10.8 Å². The van der Waals surface area contributed by atoms with Gasteiger partial charge in [-0.1, -0.05) is 13.8 Å². The predicted octanol–water partition coefficient (Wildman–Crippen LogP) is 0.776. The molecule has 0 saturated heterocycles. The van der Waals surface area contributed by atoms with Crippen LogP contribution in [0.4, 0.5) is 11.4 Å². The van der Waals surface area contributed by atoms with E-state index in [2.05, 4.69) is 4.72 Å². The van der Waals surface area contributed by atoms with Crippen molar-refractivity contribution in [3.8, 4) is 0 Å². The molecule has 0 heterocycles. The molecule has 114 valence electrons. The average Bonchev–Trinajstić information content (AvgIpc) is 2.39. The van der Waals surface area contributed by atoms with Crippen molar-refractivity contribution in [1.29, 1.82) is 0 Å². The number of sulfonamides is 1. The van der Waals surface area contributed by atoms with Crippen LogP contribution in [0.3, 0.4) is 0 Å². The molecule has 0 aliphatic heterocycles. The van der Waals surface area contributed by atoms with Crippen LogP contribution in [0.2, 0.25) is 0 Å². The smallest absolute Gasteiger partial charge is 0.240 e. The van der Waals surface area contributed by atoms with Crippen molar-refractivity contribution in [2.24, 2.45) is 0 Å². The maximum atomic E-state index is 12.0. The molecule has 4 N–H and O–H groups in total. The Kier molecular flexibility index (Phi) is 6.25. The van der Waals surface area contributed by atoms with Crippen LogP contribution in [0.1, 0.15) is 20.3 Å². The minimum Gasteiger partial charge on any atom is -0.397 e. The van der Waals surface area contributed by atoms with E-state index in [0.717, 1.165) is 6.42 Å². The number of nitrogen functional groups attached to an aromatic ring is 1. The molecule has 20 heavy (non-hydrogen) atoms. The minimum absolute atomic E-state index is 0.0103. The molecule has 0 radical (unpaired) electrons. The van der Waals surface area contributed by atoms with Gasteiger partial charge in [0, 0.05) is 19.6 Å². The fraction of sp³-hybridized carbons (Fsp3) is 0.538. The lowest BCUT2D eigenvalue weighted by Gasteiger charge is -2.25. The predicted molar refractivity (Wildman–Crippen MR) is 81.3 cm³/mol. The van der Waals surface area contributed by atoms with E-state index in [1.54, 1.807) is 19.1 Å². The Labute approximate surface area is 120 Å². The molecule has 1 aromatic carbocycles. The summed E-state index contributed by atoms with van der Waals surface area (Å²) in [5, 5.41) is 9.12. The van der Waals surface area contributed by atoms with Crippen molar-refractivity contribution in [3.63, 3.8) is 0 Å². The van der Waals surface area contributed by atoms with Gasteiger partial charge in [0.1, 0.15) is 0 Å². The zero-order valence-electron chi connectivity index (χ0n) is 12.0. The number of hydrogen-bond acceptors (Lipinski definition) is 5. The van der Waals surface area contributed by atoms with Gasteiger partial charge in [0.15, 0.2) is 0 Å². The number of aliphatic hydroxyl groups is 1. The highest BCUT2D eigenvalue weighted by atomic mass is 32.2. The third-order valence-electron chi connectivity index (χ3n) is 2.85. The Morgan fingerprint density at radius 3 is 2.55 bits per heavy atom. The molecule has 1 rings (SSSR count). The third-order valence-corrected chi connectivity index (χ3v) is 4.39. The van der Waals surface area contributed by atoms with Crippen LogP contribution in [-0.4, -0.2) is 39.8 Å². The second kappa shape index (κ2) is 7.47. The second-order valence-corrected chi connectivity index (χ2v) is 6.20. The van der Waals surface area contributed by atoms with Crippen molar-refractivity contribution in [2.75, 3.05) is 36.9 Å².